The minimum absolute atomic E-state index is 0.0244. The number of alkyl halides is 2. The molecule has 0 spiro atoms. The van der Waals surface area contributed by atoms with E-state index in [-0.39, 0.29) is 45.1 Å². The molecule has 1 aliphatic heterocycles. The van der Waals surface area contributed by atoms with Gasteiger partial charge in [0, 0.05) is 14.1 Å². The quantitative estimate of drug-likeness (QED) is 0.456. The lowest BCUT2D eigenvalue weighted by atomic mass is 9.81. The second-order valence-corrected chi connectivity index (χ2v) is 9.02. The first-order chi connectivity index (χ1) is 10.0. The van der Waals surface area contributed by atoms with Crippen LogP contribution >= 0.6 is 47.8 Å². The highest BCUT2D eigenvalue weighted by molar-refractivity contribution is 9.12. The topological polar surface area (TPSA) is 37.4 Å². The van der Waals surface area contributed by atoms with Crippen molar-refractivity contribution in [3.63, 3.8) is 0 Å². The van der Waals surface area contributed by atoms with Crippen LogP contribution in [-0.2, 0) is 9.59 Å². The van der Waals surface area contributed by atoms with Crippen LogP contribution in [0.2, 0.25) is 0 Å². The zero-order valence-electron chi connectivity index (χ0n) is 10.9. The molecule has 2 saturated carbocycles. The number of hydrogen-bond acceptors (Lipinski definition) is 2. The number of carbonyl (C=O) groups is 2. The second-order valence-electron chi connectivity index (χ2n) is 5.99. The SMILES string of the molecule is O=C1[C@H]2[C@@H]3C[C@H]([C@@H](Br)[C@H]3Br)[C@@H]2C(=O)N1c1ccc(Br)cc1. The molecule has 3 aliphatic rings. The number of fused-ring (bicyclic) bond motifs is 5. The number of hydrogen-bond donors (Lipinski definition) is 0. The number of halogens is 3. The van der Waals surface area contributed by atoms with Crippen molar-refractivity contribution >= 4 is 65.3 Å². The molecule has 3 nitrogen and oxygen atoms in total. The average molecular weight is 478 g/mol. The largest absolute Gasteiger partial charge is 0.274 e. The summed E-state index contributed by atoms with van der Waals surface area (Å²) < 4.78 is 0.937. The maximum absolute atomic E-state index is 12.8. The molecule has 110 valence electrons. The summed E-state index contributed by atoms with van der Waals surface area (Å²) in [7, 11) is 0. The Labute approximate surface area is 147 Å². The summed E-state index contributed by atoms with van der Waals surface area (Å²) in [6.45, 7) is 0. The molecule has 3 fully saturated rings. The number of rotatable bonds is 1. The van der Waals surface area contributed by atoms with Crippen molar-refractivity contribution in [3.05, 3.63) is 28.7 Å². The lowest BCUT2D eigenvalue weighted by Crippen LogP contribution is -2.37. The normalized spacial score (nSPS) is 41.0. The van der Waals surface area contributed by atoms with Gasteiger partial charge in [-0.2, -0.15) is 0 Å². The molecular weight excluding hydrogens is 466 g/mol. The summed E-state index contributed by atoms with van der Waals surface area (Å²) >= 11 is 10.8. The van der Waals surface area contributed by atoms with Crippen LogP contribution in [0.3, 0.4) is 0 Å². The molecule has 0 aromatic heterocycles. The monoisotopic (exact) mass is 475 g/mol. The number of carbonyl (C=O) groups excluding carboxylic acids is 2. The molecule has 0 N–H and O–H groups in total. The molecule has 2 bridgehead atoms. The molecule has 1 aromatic rings. The molecule has 0 radical (unpaired) electrons. The zero-order valence-corrected chi connectivity index (χ0v) is 15.6. The number of benzene rings is 1. The van der Waals surface area contributed by atoms with E-state index < -0.39 is 0 Å². The van der Waals surface area contributed by atoms with E-state index in [1.807, 2.05) is 24.3 Å². The molecule has 2 aliphatic carbocycles. The van der Waals surface area contributed by atoms with Gasteiger partial charge in [0.15, 0.2) is 0 Å². The Morgan fingerprint density at radius 2 is 1.38 bits per heavy atom. The Morgan fingerprint density at radius 1 is 0.905 bits per heavy atom. The smallest absolute Gasteiger partial charge is 0.238 e. The molecule has 4 rings (SSSR count). The summed E-state index contributed by atoms with van der Waals surface area (Å²) in [5, 5.41) is 0. The van der Waals surface area contributed by atoms with E-state index in [1.165, 1.54) is 4.90 Å². The van der Waals surface area contributed by atoms with Crippen LogP contribution in [0.1, 0.15) is 6.42 Å². The summed E-state index contributed by atoms with van der Waals surface area (Å²) in [4.78, 5) is 27.5. The fraction of sp³-hybridized carbons (Fsp3) is 0.467. The van der Waals surface area contributed by atoms with Gasteiger partial charge in [-0.1, -0.05) is 47.8 Å². The van der Waals surface area contributed by atoms with E-state index in [0.29, 0.717) is 5.69 Å². The Hall–Kier alpha value is -0.200. The first-order valence-corrected chi connectivity index (χ1v) is 9.54. The van der Waals surface area contributed by atoms with Gasteiger partial charge in [-0.15, -0.1) is 0 Å². The van der Waals surface area contributed by atoms with Gasteiger partial charge < -0.3 is 0 Å². The maximum Gasteiger partial charge on any atom is 0.238 e. The van der Waals surface area contributed by atoms with E-state index in [9.17, 15) is 9.59 Å². The van der Waals surface area contributed by atoms with E-state index in [4.69, 9.17) is 0 Å². The van der Waals surface area contributed by atoms with Crippen LogP contribution in [0.5, 0.6) is 0 Å². The highest BCUT2D eigenvalue weighted by Gasteiger charge is 2.66. The highest BCUT2D eigenvalue weighted by atomic mass is 79.9. The highest BCUT2D eigenvalue weighted by Crippen LogP contribution is 2.60. The molecule has 2 amide bonds. The number of anilines is 1. The van der Waals surface area contributed by atoms with Gasteiger partial charge in [0.25, 0.3) is 0 Å². The molecule has 1 aromatic carbocycles. The van der Waals surface area contributed by atoms with Crippen LogP contribution in [0.4, 0.5) is 5.69 Å². The number of amides is 2. The van der Waals surface area contributed by atoms with E-state index in [1.54, 1.807) is 0 Å². The lowest BCUT2D eigenvalue weighted by Gasteiger charge is -2.28. The Bertz CT molecular complexity index is 600. The summed E-state index contributed by atoms with van der Waals surface area (Å²) in [5.74, 6) is 0.184. The fourth-order valence-electron chi connectivity index (χ4n) is 4.19. The molecule has 0 unspecified atom stereocenters. The van der Waals surface area contributed by atoms with E-state index >= 15 is 0 Å². The third kappa shape index (κ3) is 1.88. The molecular formula is C15H12Br3NO2. The predicted molar refractivity (Wildman–Crippen MR) is 90.6 cm³/mol. The van der Waals surface area contributed by atoms with Crippen molar-refractivity contribution in [2.45, 2.75) is 16.1 Å². The first-order valence-electron chi connectivity index (χ1n) is 6.92. The molecule has 1 saturated heterocycles. The third-order valence-corrected chi connectivity index (χ3v) is 8.81. The minimum atomic E-state index is -0.149. The number of imide groups is 1. The molecule has 21 heavy (non-hydrogen) atoms. The van der Waals surface area contributed by atoms with Crippen LogP contribution in [0, 0.1) is 23.7 Å². The summed E-state index contributed by atoms with van der Waals surface area (Å²) in [6, 6.07) is 7.36. The fourth-order valence-corrected chi connectivity index (χ4v) is 6.33. The average Bonchev–Trinajstić information content (AvgIpc) is 3.06. The van der Waals surface area contributed by atoms with Gasteiger partial charge >= 0.3 is 0 Å². The third-order valence-electron chi connectivity index (χ3n) is 5.07. The van der Waals surface area contributed by atoms with Crippen molar-refractivity contribution in [2.75, 3.05) is 4.90 Å². The van der Waals surface area contributed by atoms with Crippen molar-refractivity contribution < 1.29 is 9.59 Å². The molecule has 1 heterocycles. The lowest BCUT2D eigenvalue weighted by molar-refractivity contribution is -0.123. The second kappa shape index (κ2) is 4.90. The first kappa shape index (κ1) is 14.4. The van der Waals surface area contributed by atoms with Crippen LogP contribution in [0.25, 0.3) is 0 Å². The van der Waals surface area contributed by atoms with Crippen LogP contribution in [0.15, 0.2) is 28.7 Å². The summed E-state index contributed by atoms with van der Waals surface area (Å²) in [5.41, 5.74) is 0.680. The standard InChI is InChI=1S/C15H12Br3NO2/c16-6-1-3-7(4-2-6)19-14(20)10-8-5-9(11(10)15(19)21)13(18)12(8)17/h1-4,8-13H,5H2/t8-,9-,10-,11-,12-,13+/m0/s1. The van der Waals surface area contributed by atoms with Crippen molar-refractivity contribution in [1.29, 1.82) is 0 Å². The van der Waals surface area contributed by atoms with Crippen molar-refractivity contribution in [3.8, 4) is 0 Å². The minimum Gasteiger partial charge on any atom is -0.274 e. The summed E-state index contributed by atoms with van der Waals surface area (Å²) in [6.07, 6.45) is 0.965. The van der Waals surface area contributed by atoms with Crippen LogP contribution in [-0.4, -0.2) is 21.5 Å². The van der Waals surface area contributed by atoms with E-state index in [2.05, 4.69) is 47.8 Å². The Morgan fingerprint density at radius 3 is 1.86 bits per heavy atom. The van der Waals surface area contributed by atoms with Crippen LogP contribution < -0.4 is 4.90 Å². The Balaban J connectivity index is 1.73. The Kier molecular flexibility index (Phi) is 3.36. The molecule has 6 heteroatoms. The van der Waals surface area contributed by atoms with Gasteiger partial charge in [0.05, 0.1) is 17.5 Å². The number of nitrogens with zero attached hydrogens (tertiary/aromatic N) is 1. The molecule has 6 atom stereocenters. The van der Waals surface area contributed by atoms with Gasteiger partial charge in [-0.25, -0.2) is 0 Å². The van der Waals surface area contributed by atoms with Crippen molar-refractivity contribution in [2.24, 2.45) is 23.7 Å². The van der Waals surface area contributed by atoms with Gasteiger partial charge in [-0.3, -0.25) is 14.5 Å². The zero-order chi connectivity index (χ0) is 14.9. The van der Waals surface area contributed by atoms with Gasteiger partial charge in [-0.05, 0) is 42.5 Å². The van der Waals surface area contributed by atoms with Gasteiger partial charge in [0.2, 0.25) is 11.8 Å². The predicted octanol–water partition coefficient (Wildman–Crippen LogP) is 3.73. The van der Waals surface area contributed by atoms with Crippen molar-refractivity contribution in [1.82, 2.24) is 0 Å². The van der Waals surface area contributed by atoms with E-state index in [0.717, 1.165) is 10.9 Å². The maximum atomic E-state index is 12.8. The van der Waals surface area contributed by atoms with Gasteiger partial charge in [0.1, 0.15) is 0 Å².